The van der Waals surface area contributed by atoms with Crippen LogP contribution in [0.2, 0.25) is 0 Å². The molecule has 0 fully saturated rings. The van der Waals surface area contributed by atoms with Gasteiger partial charge in [-0.25, -0.2) is 0 Å². The summed E-state index contributed by atoms with van der Waals surface area (Å²) >= 11 is 0. The second kappa shape index (κ2) is 118. The SMILES string of the molecule is O=C([O-])[O-].O=C([O-])[O-].O=C([O-])[O-].[Fe+3].[Fe+3].[Fe+3].[Fe+3].[Fe+3].[O-2].[O-2].[O-2].[OH-].[OH-].[OH-]. The molecule has 0 atom stereocenters. The van der Waals surface area contributed by atoms with Crippen molar-refractivity contribution < 1.29 is 163 Å². The average molecular weight is 558 g/mol. The van der Waals surface area contributed by atoms with Gasteiger partial charge in [-0.2, -0.15) is 0 Å². The molecule has 0 aliphatic carbocycles. The largest absolute Gasteiger partial charge is 3.00 e. The molecular weight excluding hydrogens is 555 g/mol. The maximum absolute atomic E-state index is 8.33. The molecule has 0 amide bonds. The Hall–Kier alpha value is 0.167. The van der Waals surface area contributed by atoms with Crippen LogP contribution in [0.1, 0.15) is 0 Å². The Kier molecular flexibility index (Phi) is 696. The molecule has 0 aliphatic rings. The summed E-state index contributed by atoms with van der Waals surface area (Å²) in [6, 6.07) is 0. The molecule has 3 N–H and O–H groups in total. The van der Waals surface area contributed by atoms with Crippen molar-refractivity contribution in [1.82, 2.24) is 0 Å². The van der Waals surface area contributed by atoms with E-state index >= 15 is 0 Å². The minimum atomic E-state index is -2.33. The van der Waals surface area contributed by atoms with E-state index in [1.54, 1.807) is 0 Å². The first-order valence-electron chi connectivity index (χ1n) is 1.84. The molecule has 0 rings (SSSR count). The van der Waals surface area contributed by atoms with Crippen molar-refractivity contribution >= 4 is 18.5 Å². The van der Waals surface area contributed by atoms with Gasteiger partial charge in [-0.05, 0) is 18.5 Å². The van der Waals surface area contributed by atoms with E-state index in [0.29, 0.717) is 0 Å². The Labute approximate surface area is 181 Å². The van der Waals surface area contributed by atoms with Gasteiger partial charge in [0.05, 0.1) is 0 Å². The van der Waals surface area contributed by atoms with Crippen LogP contribution in [-0.2, 0) is 102 Å². The van der Waals surface area contributed by atoms with Gasteiger partial charge in [0.1, 0.15) is 0 Å². The summed E-state index contributed by atoms with van der Waals surface area (Å²) in [5.41, 5.74) is 0. The van der Waals surface area contributed by atoms with Gasteiger partial charge in [-0.3, -0.25) is 0 Å². The third-order valence-electron chi connectivity index (χ3n) is 0. The number of hydrogen-bond donors (Lipinski definition) is 0. The Balaban J connectivity index is -0.00000000355. The van der Waals surface area contributed by atoms with Gasteiger partial charge >= 0.3 is 85.3 Å². The van der Waals surface area contributed by atoms with E-state index in [1.807, 2.05) is 0 Å². The van der Waals surface area contributed by atoms with Crippen LogP contribution in [0.5, 0.6) is 0 Å². The van der Waals surface area contributed by atoms with E-state index < -0.39 is 18.5 Å². The molecule has 0 aromatic carbocycles. The van der Waals surface area contributed by atoms with Crippen molar-refractivity contribution in [2.24, 2.45) is 0 Å². The van der Waals surface area contributed by atoms with Crippen molar-refractivity contribution in [3.63, 3.8) is 0 Å². The molecule has 5 radical (unpaired) electrons. The third kappa shape index (κ3) is 322000. The first kappa shape index (κ1) is 135. The Morgan fingerprint density at radius 2 is 0.391 bits per heavy atom. The number of carbonyl (C=O) groups is 3. The summed E-state index contributed by atoms with van der Waals surface area (Å²) < 4.78 is 0. The normalized spacial score (nSPS) is 3.13. The topological polar surface area (TPSA) is 365 Å². The third-order valence-corrected chi connectivity index (χ3v) is 0. The van der Waals surface area contributed by atoms with E-state index in [2.05, 4.69) is 0 Å². The van der Waals surface area contributed by atoms with E-state index in [-0.39, 0.29) is 118 Å². The molecule has 145 valence electrons. The summed E-state index contributed by atoms with van der Waals surface area (Å²) in [5.74, 6) is 0. The standard InChI is InChI=1S/3CH2O3.5Fe.3H2O.3O/c3*2-1(3)4;;;;;;;;;;;/h3*(H2,2,3,4);;;;;;3*1H2;;;/q;;;5*+3;;;;3*-2/p-9. The molecule has 0 aliphatic heterocycles. The van der Waals surface area contributed by atoms with Crippen molar-refractivity contribution in [1.29, 1.82) is 0 Å². The fourth-order valence-electron chi connectivity index (χ4n) is 0. The van der Waals surface area contributed by atoms with Crippen molar-refractivity contribution in [3.8, 4) is 0 Å². The van der Waals surface area contributed by atoms with Gasteiger partial charge in [0.2, 0.25) is 0 Å². The zero-order valence-corrected chi connectivity index (χ0v) is 15.0. The molecule has 20 heteroatoms. The fourth-order valence-corrected chi connectivity index (χ4v) is 0. The van der Waals surface area contributed by atoms with E-state index in [4.69, 9.17) is 45.0 Å². The number of carbonyl (C=O) groups excluding carboxylic acids is 3. The van der Waals surface area contributed by atoms with Gasteiger partial charge in [-0.1, -0.05) is 0 Å². The minimum Gasteiger partial charge on any atom is -2.00 e. The number of hydrogen-bond acceptors (Lipinski definition) is 12. The van der Waals surface area contributed by atoms with E-state index in [0.717, 1.165) is 0 Å². The summed E-state index contributed by atoms with van der Waals surface area (Å²) in [7, 11) is 0. The van der Waals surface area contributed by atoms with Crippen LogP contribution in [0.25, 0.3) is 0 Å². The van der Waals surface area contributed by atoms with Crippen molar-refractivity contribution in [3.05, 3.63) is 0 Å². The van der Waals surface area contributed by atoms with Gasteiger partial charge in [0, 0.05) is 0 Å². The van der Waals surface area contributed by atoms with Crippen LogP contribution in [0.4, 0.5) is 14.4 Å². The van der Waals surface area contributed by atoms with Gasteiger partial charge < -0.3 is 77.9 Å². The average Bonchev–Trinajstić information content (AvgIpc) is 1.54. The monoisotopic (exact) mass is 559 g/mol. The van der Waals surface area contributed by atoms with Crippen LogP contribution >= 0.6 is 0 Å². The van der Waals surface area contributed by atoms with Gasteiger partial charge in [0.25, 0.3) is 0 Å². The smallest absolute Gasteiger partial charge is 2.00 e. The molecular formula is C3H3Fe5O15. The molecule has 15 nitrogen and oxygen atoms in total. The molecule has 0 saturated carbocycles. The van der Waals surface area contributed by atoms with Gasteiger partial charge in [0.15, 0.2) is 0 Å². The van der Waals surface area contributed by atoms with Gasteiger partial charge in [-0.15, -0.1) is 0 Å². The Morgan fingerprint density at radius 3 is 0.391 bits per heavy atom. The number of rotatable bonds is 0. The van der Waals surface area contributed by atoms with Crippen LogP contribution < -0.4 is 30.6 Å². The maximum Gasteiger partial charge on any atom is 3.00 e. The van der Waals surface area contributed by atoms with Crippen LogP contribution in [-0.4, -0.2) is 34.9 Å². The summed E-state index contributed by atoms with van der Waals surface area (Å²) in [5, 5.41) is 50.0. The summed E-state index contributed by atoms with van der Waals surface area (Å²) in [4.78, 5) is 25.0. The first-order chi connectivity index (χ1) is 5.20. The quantitative estimate of drug-likeness (QED) is 0.250. The molecule has 0 heterocycles. The molecule has 0 spiro atoms. The minimum absolute atomic E-state index is 0. The summed E-state index contributed by atoms with van der Waals surface area (Å²) in [6.07, 6.45) is -7.00. The van der Waals surface area contributed by atoms with E-state index in [9.17, 15) is 0 Å². The molecule has 23 heavy (non-hydrogen) atoms. The molecule has 0 aromatic heterocycles. The molecule has 0 unspecified atom stereocenters. The van der Waals surface area contributed by atoms with Crippen molar-refractivity contribution in [2.75, 3.05) is 0 Å². The zero-order chi connectivity index (χ0) is 10.7. The molecule has 0 aromatic rings. The summed E-state index contributed by atoms with van der Waals surface area (Å²) in [6.45, 7) is 0. The fraction of sp³-hybridized carbons (Fsp3) is 0. The predicted octanol–water partition coefficient (Wildman–Crippen LogP) is -8.24. The molecule has 0 bridgehead atoms. The molecule has 0 saturated heterocycles. The zero-order valence-electron chi connectivity index (χ0n) is 9.51. The van der Waals surface area contributed by atoms with Crippen LogP contribution in [0.15, 0.2) is 0 Å². The first-order valence-corrected chi connectivity index (χ1v) is 1.84. The Bertz CT molecular complexity index is 127. The second-order valence-electron chi connectivity index (χ2n) is 0.750. The predicted molar refractivity (Wildman–Crippen MR) is 24.1 cm³/mol. The van der Waals surface area contributed by atoms with Crippen LogP contribution in [0, 0.1) is 0 Å². The van der Waals surface area contributed by atoms with Crippen LogP contribution in [0.3, 0.4) is 0 Å². The van der Waals surface area contributed by atoms with Crippen molar-refractivity contribution in [2.45, 2.75) is 0 Å². The van der Waals surface area contributed by atoms with E-state index in [1.165, 1.54) is 0 Å². The maximum atomic E-state index is 8.33. The number of carboxylic acid groups (broad SMARTS) is 6. The Morgan fingerprint density at radius 1 is 0.391 bits per heavy atom. The second-order valence-corrected chi connectivity index (χ2v) is 0.750.